The maximum atomic E-state index is 12.1. The summed E-state index contributed by atoms with van der Waals surface area (Å²) in [5, 5.41) is 8.21. The predicted molar refractivity (Wildman–Crippen MR) is 112 cm³/mol. The monoisotopic (exact) mass is 380 g/mol. The molecule has 6 heteroatoms. The van der Waals surface area contributed by atoms with Gasteiger partial charge in [-0.3, -0.25) is 10.1 Å². The standard InChI is InChI=1S/C22H28N4O2/c1-26(18-11-5-6-12-18)20-14-8-7-13-19(20)23-16-21(27)25-22(28)24-15-17-9-3-2-4-10-17/h2-4,7-10,13-14,18,23H,5-6,11-12,15-16H2,1H3,(H2,24,25,27,28). The highest BCUT2D eigenvalue weighted by molar-refractivity contribution is 5.96. The van der Waals surface area contributed by atoms with Gasteiger partial charge >= 0.3 is 6.03 Å². The first kappa shape index (κ1) is 19.7. The van der Waals surface area contributed by atoms with E-state index in [4.69, 9.17) is 0 Å². The van der Waals surface area contributed by atoms with Gasteiger partial charge in [0.05, 0.1) is 17.9 Å². The topological polar surface area (TPSA) is 73.5 Å². The Morgan fingerprint density at radius 3 is 2.43 bits per heavy atom. The number of anilines is 2. The van der Waals surface area contributed by atoms with Gasteiger partial charge < -0.3 is 15.5 Å². The zero-order chi connectivity index (χ0) is 19.8. The molecule has 2 aromatic carbocycles. The summed E-state index contributed by atoms with van der Waals surface area (Å²) in [5.74, 6) is -0.371. The van der Waals surface area contributed by atoms with E-state index in [0.29, 0.717) is 12.6 Å². The zero-order valence-corrected chi connectivity index (χ0v) is 16.3. The van der Waals surface area contributed by atoms with Gasteiger partial charge in [-0.25, -0.2) is 4.79 Å². The van der Waals surface area contributed by atoms with Crippen molar-refractivity contribution in [2.24, 2.45) is 0 Å². The van der Waals surface area contributed by atoms with E-state index in [2.05, 4.69) is 34.0 Å². The molecule has 3 N–H and O–H groups in total. The summed E-state index contributed by atoms with van der Waals surface area (Å²) in [7, 11) is 2.10. The molecule has 0 atom stereocenters. The lowest BCUT2D eigenvalue weighted by Crippen LogP contribution is -2.41. The number of benzene rings is 2. The number of nitrogens with zero attached hydrogens (tertiary/aromatic N) is 1. The Labute approximate surface area is 166 Å². The highest BCUT2D eigenvalue weighted by atomic mass is 16.2. The third-order valence-corrected chi connectivity index (χ3v) is 5.14. The van der Waals surface area contributed by atoms with Crippen LogP contribution in [-0.4, -0.2) is 31.6 Å². The SMILES string of the molecule is CN(c1ccccc1NCC(=O)NC(=O)NCc1ccccc1)C1CCCC1. The molecular formula is C22H28N4O2. The van der Waals surface area contributed by atoms with Crippen molar-refractivity contribution in [3.8, 4) is 0 Å². The van der Waals surface area contributed by atoms with Gasteiger partial charge in [-0.05, 0) is 30.5 Å². The van der Waals surface area contributed by atoms with Crippen molar-refractivity contribution >= 4 is 23.3 Å². The van der Waals surface area contributed by atoms with Crippen LogP contribution in [0.3, 0.4) is 0 Å². The summed E-state index contributed by atoms with van der Waals surface area (Å²) in [6.07, 6.45) is 4.94. The zero-order valence-electron chi connectivity index (χ0n) is 16.3. The van der Waals surface area contributed by atoms with Gasteiger partial charge in [-0.2, -0.15) is 0 Å². The number of hydrogen-bond acceptors (Lipinski definition) is 4. The molecular weight excluding hydrogens is 352 g/mol. The van der Waals surface area contributed by atoms with Gasteiger partial charge in [0.1, 0.15) is 0 Å². The largest absolute Gasteiger partial charge is 0.374 e. The number of rotatable bonds is 7. The second-order valence-corrected chi connectivity index (χ2v) is 7.14. The molecule has 0 unspecified atom stereocenters. The molecule has 28 heavy (non-hydrogen) atoms. The highest BCUT2D eigenvalue weighted by Crippen LogP contribution is 2.31. The molecule has 1 aliphatic rings. The molecule has 3 rings (SSSR count). The summed E-state index contributed by atoms with van der Waals surface area (Å²) >= 11 is 0. The molecule has 0 saturated heterocycles. The molecule has 0 aromatic heterocycles. The molecule has 6 nitrogen and oxygen atoms in total. The van der Waals surface area contributed by atoms with Crippen LogP contribution in [0.2, 0.25) is 0 Å². The fourth-order valence-corrected chi connectivity index (χ4v) is 3.59. The molecule has 0 radical (unpaired) electrons. The Kier molecular flexibility index (Phi) is 6.89. The maximum Gasteiger partial charge on any atom is 0.321 e. The lowest BCUT2D eigenvalue weighted by molar-refractivity contribution is -0.118. The highest BCUT2D eigenvalue weighted by Gasteiger charge is 2.21. The second kappa shape index (κ2) is 9.78. The van der Waals surface area contributed by atoms with Gasteiger partial charge in [0.25, 0.3) is 0 Å². The number of carbonyl (C=O) groups is 2. The van der Waals surface area contributed by atoms with Gasteiger partial charge in [0, 0.05) is 19.6 Å². The quantitative estimate of drug-likeness (QED) is 0.687. The number of amides is 3. The van der Waals surface area contributed by atoms with E-state index in [9.17, 15) is 9.59 Å². The van der Waals surface area contributed by atoms with E-state index < -0.39 is 6.03 Å². The molecule has 2 aromatic rings. The first-order valence-corrected chi connectivity index (χ1v) is 9.81. The predicted octanol–water partition coefficient (Wildman–Crippen LogP) is 3.50. The third kappa shape index (κ3) is 5.49. The second-order valence-electron chi connectivity index (χ2n) is 7.14. The summed E-state index contributed by atoms with van der Waals surface area (Å²) in [6.45, 7) is 0.413. The lowest BCUT2D eigenvalue weighted by Gasteiger charge is -2.28. The normalized spacial score (nSPS) is 13.8. The molecule has 1 saturated carbocycles. The van der Waals surface area contributed by atoms with Gasteiger partial charge in [0.15, 0.2) is 0 Å². The van der Waals surface area contributed by atoms with Crippen LogP contribution in [0.5, 0.6) is 0 Å². The number of nitrogens with one attached hydrogen (secondary N) is 3. The maximum absolute atomic E-state index is 12.1. The van der Waals surface area contributed by atoms with Crippen molar-refractivity contribution in [2.75, 3.05) is 23.8 Å². The number of imide groups is 1. The van der Waals surface area contributed by atoms with Crippen LogP contribution in [0.15, 0.2) is 54.6 Å². The van der Waals surface area contributed by atoms with Crippen LogP contribution in [-0.2, 0) is 11.3 Å². The first-order chi connectivity index (χ1) is 13.6. The molecule has 1 aliphatic carbocycles. The van der Waals surface area contributed by atoms with Gasteiger partial charge in [-0.15, -0.1) is 0 Å². The smallest absolute Gasteiger partial charge is 0.321 e. The minimum absolute atomic E-state index is 0.0360. The molecule has 148 valence electrons. The third-order valence-electron chi connectivity index (χ3n) is 5.14. The fraction of sp³-hybridized carbons (Fsp3) is 0.364. The van der Waals surface area contributed by atoms with Crippen molar-refractivity contribution in [3.63, 3.8) is 0 Å². The summed E-state index contributed by atoms with van der Waals surface area (Å²) < 4.78 is 0. The minimum Gasteiger partial charge on any atom is -0.374 e. The van der Waals surface area contributed by atoms with Crippen LogP contribution in [0.4, 0.5) is 16.2 Å². The summed E-state index contributed by atoms with van der Waals surface area (Å²) in [5.41, 5.74) is 2.96. The Balaban J connectivity index is 1.48. The Bertz CT molecular complexity index is 788. The van der Waals surface area contributed by atoms with Gasteiger partial charge in [-0.1, -0.05) is 55.3 Å². The van der Waals surface area contributed by atoms with E-state index in [1.54, 1.807) is 0 Å². The number of carbonyl (C=O) groups excluding carboxylic acids is 2. The van der Waals surface area contributed by atoms with Crippen LogP contribution in [0.25, 0.3) is 0 Å². The molecule has 0 spiro atoms. The van der Waals surface area contributed by atoms with E-state index >= 15 is 0 Å². The molecule has 0 bridgehead atoms. The van der Waals surface area contributed by atoms with Crippen LogP contribution >= 0.6 is 0 Å². The molecule has 0 aliphatic heterocycles. The average molecular weight is 380 g/mol. The van der Waals surface area contributed by atoms with Crippen LogP contribution in [0, 0.1) is 0 Å². The minimum atomic E-state index is -0.494. The Hall–Kier alpha value is -3.02. The first-order valence-electron chi connectivity index (χ1n) is 9.81. The van der Waals surface area contributed by atoms with Crippen molar-refractivity contribution < 1.29 is 9.59 Å². The van der Waals surface area contributed by atoms with E-state index in [1.807, 2.05) is 48.5 Å². The van der Waals surface area contributed by atoms with Crippen molar-refractivity contribution in [1.82, 2.24) is 10.6 Å². The van der Waals surface area contributed by atoms with Crippen molar-refractivity contribution in [3.05, 3.63) is 60.2 Å². The van der Waals surface area contributed by atoms with E-state index in [0.717, 1.165) is 16.9 Å². The van der Waals surface area contributed by atoms with E-state index in [-0.39, 0.29) is 12.5 Å². The number of para-hydroxylation sites is 2. The number of urea groups is 1. The van der Waals surface area contributed by atoms with Crippen molar-refractivity contribution in [2.45, 2.75) is 38.3 Å². The summed E-state index contributed by atoms with van der Waals surface area (Å²) in [4.78, 5) is 26.3. The van der Waals surface area contributed by atoms with Crippen molar-refractivity contribution in [1.29, 1.82) is 0 Å². The molecule has 0 heterocycles. The fourth-order valence-electron chi connectivity index (χ4n) is 3.59. The molecule has 3 amide bonds. The van der Waals surface area contributed by atoms with Gasteiger partial charge in [0.2, 0.25) is 5.91 Å². The molecule has 1 fully saturated rings. The average Bonchev–Trinajstić information content (AvgIpc) is 3.26. The Morgan fingerprint density at radius 1 is 1.00 bits per heavy atom. The Morgan fingerprint density at radius 2 is 1.68 bits per heavy atom. The van der Waals surface area contributed by atoms with E-state index in [1.165, 1.54) is 25.7 Å². The van der Waals surface area contributed by atoms with Crippen LogP contribution < -0.4 is 20.9 Å². The summed E-state index contributed by atoms with van der Waals surface area (Å²) in [6, 6.07) is 17.6. The lowest BCUT2D eigenvalue weighted by atomic mass is 10.1. The number of hydrogen-bond donors (Lipinski definition) is 3. The van der Waals surface area contributed by atoms with Crippen LogP contribution in [0.1, 0.15) is 31.2 Å².